The zero-order valence-corrected chi connectivity index (χ0v) is 10.0. The summed E-state index contributed by atoms with van der Waals surface area (Å²) in [5.74, 6) is -0.499. The van der Waals surface area contributed by atoms with E-state index in [9.17, 15) is 4.79 Å². The molecule has 2 rings (SSSR count). The maximum Gasteiger partial charge on any atom is 0.338 e. The van der Waals surface area contributed by atoms with E-state index in [1.165, 1.54) is 17.3 Å². The Hall–Kier alpha value is -1.95. The standard InChI is InChI=1S/C11H11N3O2S/c1-14(7-9-3-2-4-17-9)11-12-5-8(6-13-11)10(15)16/h2-6H,7H2,1H3,(H,15,16). The third-order valence-electron chi connectivity index (χ3n) is 2.20. The Morgan fingerprint density at radius 2 is 2.18 bits per heavy atom. The van der Waals surface area contributed by atoms with Gasteiger partial charge in [-0.15, -0.1) is 11.3 Å². The zero-order valence-electron chi connectivity index (χ0n) is 9.20. The summed E-state index contributed by atoms with van der Waals surface area (Å²) in [4.78, 5) is 21.8. The van der Waals surface area contributed by atoms with Crippen LogP contribution in [-0.4, -0.2) is 28.1 Å². The lowest BCUT2D eigenvalue weighted by molar-refractivity contribution is 0.0696. The average molecular weight is 249 g/mol. The number of nitrogens with zero attached hydrogens (tertiary/aromatic N) is 3. The minimum Gasteiger partial charge on any atom is -0.478 e. The molecular formula is C11H11N3O2S. The normalized spacial score (nSPS) is 10.2. The Morgan fingerprint density at radius 3 is 2.71 bits per heavy atom. The molecule has 0 radical (unpaired) electrons. The number of carboxylic acid groups (broad SMARTS) is 1. The highest BCUT2D eigenvalue weighted by molar-refractivity contribution is 7.09. The summed E-state index contributed by atoms with van der Waals surface area (Å²) in [5, 5.41) is 10.7. The van der Waals surface area contributed by atoms with E-state index in [4.69, 9.17) is 5.11 Å². The second kappa shape index (κ2) is 4.92. The van der Waals surface area contributed by atoms with Gasteiger partial charge in [-0.05, 0) is 11.4 Å². The van der Waals surface area contributed by atoms with Crippen LogP contribution in [0.3, 0.4) is 0 Å². The quantitative estimate of drug-likeness (QED) is 0.896. The second-order valence-electron chi connectivity index (χ2n) is 3.51. The monoisotopic (exact) mass is 249 g/mol. The van der Waals surface area contributed by atoms with Gasteiger partial charge in [0.25, 0.3) is 0 Å². The van der Waals surface area contributed by atoms with Gasteiger partial charge in [-0.2, -0.15) is 0 Å². The smallest absolute Gasteiger partial charge is 0.338 e. The third kappa shape index (κ3) is 2.79. The highest BCUT2D eigenvalue weighted by atomic mass is 32.1. The lowest BCUT2D eigenvalue weighted by Crippen LogP contribution is -2.18. The zero-order chi connectivity index (χ0) is 12.3. The fourth-order valence-corrected chi connectivity index (χ4v) is 2.09. The van der Waals surface area contributed by atoms with Gasteiger partial charge in [0.05, 0.1) is 12.1 Å². The molecule has 88 valence electrons. The molecule has 0 aromatic carbocycles. The Morgan fingerprint density at radius 1 is 1.47 bits per heavy atom. The van der Waals surface area contributed by atoms with Crippen molar-refractivity contribution in [2.45, 2.75) is 6.54 Å². The molecule has 0 aliphatic rings. The van der Waals surface area contributed by atoms with Crippen LogP contribution >= 0.6 is 11.3 Å². The van der Waals surface area contributed by atoms with Crippen molar-refractivity contribution in [2.24, 2.45) is 0 Å². The van der Waals surface area contributed by atoms with E-state index in [1.807, 2.05) is 29.5 Å². The van der Waals surface area contributed by atoms with Crippen LogP contribution in [0.2, 0.25) is 0 Å². The number of carboxylic acids is 1. The van der Waals surface area contributed by atoms with Gasteiger partial charge in [0, 0.05) is 24.3 Å². The molecule has 0 bridgehead atoms. The fraction of sp³-hybridized carbons (Fsp3) is 0.182. The maximum atomic E-state index is 10.6. The first-order chi connectivity index (χ1) is 8.16. The van der Waals surface area contributed by atoms with Crippen molar-refractivity contribution in [1.29, 1.82) is 0 Å². The first-order valence-electron chi connectivity index (χ1n) is 4.95. The number of hydrogen-bond donors (Lipinski definition) is 1. The number of anilines is 1. The number of rotatable bonds is 4. The number of carbonyl (C=O) groups is 1. The molecule has 0 saturated heterocycles. The van der Waals surface area contributed by atoms with Crippen LogP contribution in [0, 0.1) is 0 Å². The van der Waals surface area contributed by atoms with Gasteiger partial charge < -0.3 is 10.0 Å². The van der Waals surface area contributed by atoms with Crippen molar-refractivity contribution in [3.8, 4) is 0 Å². The van der Waals surface area contributed by atoms with E-state index in [0.29, 0.717) is 12.5 Å². The van der Waals surface area contributed by atoms with Crippen molar-refractivity contribution in [1.82, 2.24) is 9.97 Å². The first kappa shape index (κ1) is 11.5. The molecule has 0 saturated carbocycles. The maximum absolute atomic E-state index is 10.6. The SMILES string of the molecule is CN(Cc1cccs1)c1ncc(C(=O)O)cn1. The summed E-state index contributed by atoms with van der Waals surface area (Å²) in [7, 11) is 1.87. The van der Waals surface area contributed by atoms with E-state index >= 15 is 0 Å². The summed E-state index contributed by atoms with van der Waals surface area (Å²) in [6.45, 7) is 0.712. The Bertz CT molecular complexity index is 496. The predicted molar refractivity (Wildman–Crippen MR) is 65.4 cm³/mol. The minimum absolute atomic E-state index is 0.0956. The lowest BCUT2D eigenvalue weighted by atomic mass is 10.3. The number of aromatic carboxylic acids is 1. The van der Waals surface area contributed by atoms with Crippen molar-refractivity contribution in [3.05, 3.63) is 40.3 Å². The van der Waals surface area contributed by atoms with Crippen LogP contribution in [0.15, 0.2) is 29.9 Å². The summed E-state index contributed by atoms with van der Waals surface area (Å²) in [6.07, 6.45) is 2.63. The Kier molecular flexibility index (Phi) is 3.34. The topological polar surface area (TPSA) is 66.3 Å². The molecule has 0 aliphatic carbocycles. The van der Waals surface area contributed by atoms with E-state index in [1.54, 1.807) is 11.3 Å². The summed E-state index contributed by atoms with van der Waals surface area (Å²) in [6, 6.07) is 4.02. The van der Waals surface area contributed by atoms with Crippen LogP contribution in [0.1, 0.15) is 15.2 Å². The van der Waals surface area contributed by atoms with Crippen molar-refractivity contribution in [3.63, 3.8) is 0 Å². The molecule has 0 fully saturated rings. The van der Waals surface area contributed by atoms with Gasteiger partial charge in [-0.25, -0.2) is 14.8 Å². The number of thiophene rings is 1. The van der Waals surface area contributed by atoms with Gasteiger partial charge in [0.15, 0.2) is 0 Å². The molecule has 2 heterocycles. The first-order valence-corrected chi connectivity index (χ1v) is 5.83. The molecule has 0 aliphatic heterocycles. The molecule has 2 aromatic rings. The highest BCUT2D eigenvalue weighted by Gasteiger charge is 2.08. The summed E-state index contributed by atoms with van der Waals surface area (Å²) >= 11 is 1.66. The van der Waals surface area contributed by atoms with Crippen LogP contribution in [0.25, 0.3) is 0 Å². The Balaban J connectivity index is 2.09. The van der Waals surface area contributed by atoms with Crippen LogP contribution in [-0.2, 0) is 6.54 Å². The van der Waals surface area contributed by atoms with E-state index in [2.05, 4.69) is 9.97 Å². The predicted octanol–water partition coefficient (Wildman–Crippen LogP) is 1.87. The fourth-order valence-electron chi connectivity index (χ4n) is 1.34. The van der Waals surface area contributed by atoms with E-state index < -0.39 is 5.97 Å². The molecular weight excluding hydrogens is 238 g/mol. The molecule has 0 spiro atoms. The summed E-state index contributed by atoms with van der Waals surface area (Å²) < 4.78 is 0. The largest absolute Gasteiger partial charge is 0.478 e. The molecule has 1 N–H and O–H groups in total. The average Bonchev–Trinajstić information content (AvgIpc) is 2.82. The number of hydrogen-bond acceptors (Lipinski definition) is 5. The van der Waals surface area contributed by atoms with Crippen LogP contribution < -0.4 is 4.90 Å². The second-order valence-corrected chi connectivity index (χ2v) is 4.54. The van der Waals surface area contributed by atoms with Gasteiger partial charge in [0.2, 0.25) is 5.95 Å². The lowest BCUT2D eigenvalue weighted by Gasteiger charge is -2.15. The van der Waals surface area contributed by atoms with Crippen LogP contribution in [0.5, 0.6) is 0 Å². The van der Waals surface area contributed by atoms with Crippen molar-refractivity contribution >= 4 is 23.3 Å². The molecule has 17 heavy (non-hydrogen) atoms. The van der Waals surface area contributed by atoms with Gasteiger partial charge >= 0.3 is 5.97 Å². The van der Waals surface area contributed by atoms with Crippen molar-refractivity contribution < 1.29 is 9.90 Å². The van der Waals surface area contributed by atoms with E-state index in [0.717, 1.165) is 0 Å². The van der Waals surface area contributed by atoms with Gasteiger partial charge in [-0.3, -0.25) is 0 Å². The summed E-state index contributed by atoms with van der Waals surface area (Å²) in [5.41, 5.74) is 0.0956. The molecule has 2 aromatic heterocycles. The molecule has 6 heteroatoms. The number of aromatic nitrogens is 2. The van der Waals surface area contributed by atoms with Gasteiger partial charge in [0.1, 0.15) is 0 Å². The molecule has 0 atom stereocenters. The highest BCUT2D eigenvalue weighted by Crippen LogP contribution is 2.14. The minimum atomic E-state index is -1.02. The Labute approximate surface area is 102 Å². The third-order valence-corrected chi connectivity index (χ3v) is 3.06. The molecule has 0 amide bonds. The molecule has 5 nitrogen and oxygen atoms in total. The van der Waals surface area contributed by atoms with Crippen LogP contribution in [0.4, 0.5) is 5.95 Å². The molecule has 0 unspecified atom stereocenters. The van der Waals surface area contributed by atoms with Crippen molar-refractivity contribution in [2.75, 3.05) is 11.9 Å². The van der Waals surface area contributed by atoms with E-state index in [-0.39, 0.29) is 5.56 Å². The van der Waals surface area contributed by atoms with Gasteiger partial charge in [-0.1, -0.05) is 6.07 Å².